The van der Waals surface area contributed by atoms with Crippen LogP contribution in [0.2, 0.25) is 0 Å². The third-order valence-electron chi connectivity index (χ3n) is 5.10. The molecule has 0 aliphatic carbocycles. The third kappa shape index (κ3) is 2.81. The number of rotatable bonds is 3. The van der Waals surface area contributed by atoms with Crippen molar-refractivity contribution in [2.45, 2.75) is 18.9 Å². The van der Waals surface area contributed by atoms with Crippen molar-refractivity contribution in [1.82, 2.24) is 0 Å². The number of hydrogen-bond donors (Lipinski definition) is 0. The minimum atomic E-state index is -0.999. The standard InChI is InChI=1S/C22H18O7/c1-2-25-22(24)20-17(12-7-8-15-16(11-12)27-10-9-26-15)18-19(29-20)13-5-3-4-6-14(13)28-21(18)23/h3-8,11,17,20H,2,9-10H2,1H3/t17-,20+/m0/s1. The molecule has 0 saturated heterocycles. The highest BCUT2D eigenvalue weighted by Gasteiger charge is 2.45. The van der Waals surface area contributed by atoms with Gasteiger partial charge in [-0.3, -0.25) is 0 Å². The van der Waals surface area contributed by atoms with E-state index in [1.54, 1.807) is 43.3 Å². The highest BCUT2D eigenvalue weighted by atomic mass is 16.6. The van der Waals surface area contributed by atoms with Gasteiger partial charge < -0.3 is 23.4 Å². The molecule has 7 nitrogen and oxygen atoms in total. The normalized spacial score (nSPS) is 19.5. The van der Waals surface area contributed by atoms with Crippen molar-refractivity contribution < 1.29 is 28.2 Å². The average Bonchev–Trinajstić information content (AvgIpc) is 3.15. The molecule has 0 fully saturated rings. The Bertz CT molecular complexity index is 1160. The Morgan fingerprint density at radius 1 is 1.10 bits per heavy atom. The average molecular weight is 394 g/mol. The summed E-state index contributed by atoms with van der Waals surface area (Å²) in [7, 11) is 0. The summed E-state index contributed by atoms with van der Waals surface area (Å²) in [4.78, 5) is 25.6. The lowest BCUT2D eigenvalue weighted by atomic mass is 9.88. The van der Waals surface area contributed by atoms with Gasteiger partial charge in [-0.1, -0.05) is 18.2 Å². The predicted molar refractivity (Wildman–Crippen MR) is 103 cm³/mol. The lowest BCUT2D eigenvalue weighted by Crippen LogP contribution is -2.32. The third-order valence-corrected chi connectivity index (χ3v) is 5.10. The summed E-state index contributed by atoms with van der Waals surface area (Å²) in [6.07, 6.45) is -0.999. The van der Waals surface area contributed by atoms with Crippen LogP contribution in [-0.4, -0.2) is 31.9 Å². The van der Waals surface area contributed by atoms with Gasteiger partial charge in [0, 0.05) is 0 Å². The molecule has 2 aliphatic heterocycles. The van der Waals surface area contributed by atoms with E-state index in [0.29, 0.717) is 52.6 Å². The number of fused-ring (bicyclic) bond motifs is 4. The highest BCUT2D eigenvalue weighted by molar-refractivity contribution is 5.88. The first kappa shape index (κ1) is 17.6. The maximum Gasteiger partial charge on any atom is 0.348 e. The maximum atomic E-state index is 12.9. The molecule has 0 bridgehead atoms. The molecule has 7 heteroatoms. The van der Waals surface area contributed by atoms with Crippen LogP contribution in [0.1, 0.15) is 24.0 Å². The van der Waals surface area contributed by atoms with Gasteiger partial charge in [0.2, 0.25) is 6.10 Å². The van der Waals surface area contributed by atoms with E-state index in [1.807, 2.05) is 6.07 Å². The van der Waals surface area contributed by atoms with E-state index in [1.165, 1.54) is 0 Å². The van der Waals surface area contributed by atoms with Gasteiger partial charge in [0.15, 0.2) is 11.5 Å². The number of esters is 1. The second kappa shape index (κ2) is 6.84. The largest absolute Gasteiger partial charge is 0.486 e. The second-order valence-electron chi connectivity index (χ2n) is 6.80. The molecule has 2 atom stereocenters. The van der Waals surface area contributed by atoms with E-state index in [4.69, 9.17) is 23.4 Å². The number of carbonyl (C=O) groups is 1. The number of para-hydroxylation sites is 1. The van der Waals surface area contributed by atoms with Crippen molar-refractivity contribution >= 4 is 16.9 Å². The van der Waals surface area contributed by atoms with Crippen molar-refractivity contribution in [3.63, 3.8) is 0 Å². The van der Waals surface area contributed by atoms with Gasteiger partial charge in [0.25, 0.3) is 0 Å². The Balaban J connectivity index is 1.70. The van der Waals surface area contributed by atoms with Crippen LogP contribution in [0.5, 0.6) is 17.2 Å². The minimum absolute atomic E-state index is 0.207. The monoisotopic (exact) mass is 394 g/mol. The number of hydrogen-bond acceptors (Lipinski definition) is 7. The van der Waals surface area contributed by atoms with Crippen LogP contribution in [0.15, 0.2) is 51.7 Å². The van der Waals surface area contributed by atoms with Gasteiger partial charge in [-0.15, -0.1) is 0 Å². The molecule has 3 aromatic rings. The van der Waals surface area contributed by atoms with E-state index >= 15 is 0 Å². The Labute approximate surface area is 165 Å². The zero-order chi connectivity index (χ0) is 20.0. The van der Waals surface area contributed by atoms with Gasteiger partial charge in [-0.25, -0.2) is 9.59 Å². The summed E-state index contributed by atoms with van der Waals surface area (Å²) in [5, 5.41) is 0.636. The molecule has 0 amide bonds. The first-order valence-corrected chi connectivity index (χ1v) is 9.46. The van der Waals surface area contributed by atoms with Crippen molar-refractivity contribution in [2.75, 3.05) is 19.8 Å². The predicted octanol–water partition coefficient (Wildman–Crippen LogP) is 3.02. The number of benzene rings is 2. The van der Waals surface area contributed by atoms with Crippen LogP contribution < -0.4 is 19.8 Å². The topological polar surface area (TPSA) is 84.2 Å². The Morgan fingerprint density at radius 2 is 1.90 bits per heavy atom. The number of ether oxygens (including phenoxy) is 4. The second-order valence-corrected chi connectivity index (χ2v) is 6.80. The fourth-order valence-corrected chi connectivity index (χ4v) is 3.88. The molecule has 2 aliphatic rings. The molecule has 2 aromatic carbocycles. The summed E-state index contributed by atoms with van der Waals surface area (Å²) >= 11 is 0. The lowest BCUT2D eigenvalue weighted by molar-refractivity contribution is -0.151. The quantitative estimate of drug-likeness (QED) is 0.499. The molecule has 0 unspecified atom stereocenters. The van der Waals surface area contributed by atoms with E-state index in [2.05, 4.69) is 0 Å². The molecule has 3 heterocycles. The summed E-state index contributed by atoms with van der Waals surface area (Å²) in [5.41, 5.74) is 0.860. The van der Waals surface area contributed by atoms with Gasteiger partial charge >= 0.3 is 11.6 Å². The van der Waals surface area contributed by atoms with Crippen LogP contribution in [0, 0.1) is 0 Å². The molecule has 0 saturated carbocycles. The molecule has 0 spiro atoms. The Morgan fingerprint density at radius 3 is 2.72 bits per heavy atom. The van der Waals surface area contributed by atoms with Crippen molar-refractivity contribution in [2.24, 2.45) is 0 Å². The lowest BCUT2D eigenvalue weighted by Gasteiger charge is -2.22. The first-order valence-electron chi connectivity index (χ1n) is 9.46. The summed E-state index contributed by atoms with van der Waals surface area (Å²) in [6.45, 7) is 2.84. The van der Waals surface area contributed by atoms with Gasteiger partial charge in [0.1, 0.15) is 24.5 Å². The smallest absolute Gasteiger partial charge is 0.348 e. The fraction of sp³-hybridized carbons (Fsp3) is 0.273. The van der Waals surface area contributed by atoms with Crippen LogP contribution in [-0.2, 0) is 9.53 Å². The van der Waals surface area contributed by atoms with E-state index in [0.717, 1.165) is 0 Å². The Hall–Kier alpha value is -3.48. The zero-order valence-corrected chi connectivity index (χ0v) is 15.7. The van der Waals surface area contributed by atoms with Crippen LogP contribution in [0.4, 0.5) is 0 Å². The van der Waals surface area contributed by atoms with Gasteiger partial charge in [0.05, 0.1) is 23.5 Å². The number of carbonyl (C=O) groups excluding carboxylic acids is 1. The van der Waals surface area contributed by atoms with Crippen LogP contribution >= 0.6 is 0 Å². The van der Waals surface area contributed by atoms with E-state index in [-0.39, 0.29) is 6.61 Å². The van der Waals surface area contributed by atoms with E-state index in [9.17, 15) is 9.59 Å². The van der Waals surface area contributed by atoms with Gasteiger partial charge in [-0.2, -0.15) is 0 Å². The maximum absolute atomic E-state index is 12.9. The van der Waals surface area contributed by atoms with Crippen molar-refractivity contribution in [3.8, 4) is 17.2 Å². The zero-order valence-electron chi connectivity index (χ0n) is 15.7. The molecule has 29 heavy (non-hydrogen) atoms. The molecule has 1 aromatic heterocycles. The van der Waals surface area contributed by atoms with Gasteiger partial charge in [-0.05, 0) is 36.8 Å². The molecule has 148 valence electrons. The SMILES string of the molecule is CCOC(=O)[C@@H]1Oc2c(c(=O)oc3ccccc23)[C@@H]1c1ccc2c(c1)OCCO2. The fourth-order valence-electron chi connectivity index (χ4n) is 3.88. The highest BCUT2D eigenvalue weighted by Crippen LogP contribution is 2.46. The van der Waals surface area contributed by atoms with Crippen LogP contribution in [0.3, 0.4) is 0 Å². The molecule has 0 radical (unpaired) electrons. The molecule has 0 N–H and O–H groups in total. The van der Waals surface area contributed by atoms with Crippen molar-refractivity contribution in [1.29, 1.82) is 0 Å². The molecule has 5 rings (SSSR count). The summed E-state index contributed by atoms with van der Waals surface area (Å²) in [5.74, 6) is 0.329. The summed E-state index contributed by atoms with van der Waals surface area (Å²) in [6, 6.07) is 12.4. The van der Waals surface area contributed by atoms with E-state index < -0.39 is 23.6 Å². The Kier molecular flexibility index (Phi) is 4.16. The molecular formula is C22H18O7. The van der Waals surface area contributed by atoms with Crippen LogP contribution in [0.25, 0.3) is 11.0 Å². The summed E-state index contributed by atoms with van der Waals surface area (Å²) < 4.78 is 28.0. The molecular weight excluding hydrogens is 376 g/mol. The van der Waals surface area contributed by atoms with Crippen molar-refractivity contribution in [3.05, 3.63) is 64.0 Å². The minimum Gasteiger partial charge on any atom is -0.486 e. The first-order chi connectivity index (χ1) is 14.2.